The Morgan fingerprint density at radius 2 is 2.11 bits per heavy atom. The van der Waals surface area contributed by atoms with Gasteiger partial charge in [0.25, 0.3) is 5.91 Å². The number of carbonyl (C=O) groups excluding carboxylic acids is 1. The maximum atomic E-state index is 12.1. The summed E-state index contributed by atoms with van der Waals surface area (Å²) in [5.41, 5.74) is 0.668. The number of aromatic nitrogens is 2. The molecule has 0 unspecified atom stereocenters. The molecule has 3 rings (SSSR count). The smallest absolute Gasteiger partial charge is 0.258 e. The SMILES string of the molecule is O=C(Nc1nnc(C2CC2)s1)c1ccccc1I. The van der Waals surface area contributed by atoms with Crippen LogP contribution in [0.3, 0.4) is 0 Å². The van der Waals surface area contributed by atoms with E-state index in [9.17, 15) is 4.79 Å². The maximum absolute atomic E-state index is 12.1. The van der Waals surface area contributed by atoms with Crippen LogP contribution in [0.1, 0.15) is 34.1 Å². The largest absolute Gasteiger partial charge is 0.296 e. The van der Waals surface area contributed by atoms with Crippen LogP contribution >= 0.6 is 33.9 Å². The Balaban J connectivity index is 1.75. The zero-order valence-electron chi connectivity index (χ0n) is 9.39. The van der Waals surface area contributed by atoms with E-state index in [0.29, 0.717) is 16.6 Å². The summed E-state index contributed by atoms with van der Waals surface area (Å²) in [6.07, 6.45) is 2.39. The van der Waals surface area contributed by atoms with Crippen molar-refractivity contribution in [2.24, 2.45) is 0 Å². The molecule has 1 fully saturated rings. The molecule has 0 saturated heterocycles. The van der Waals surface area contributed by atoms with Gasteiger partial charge in [0.05, 0.1) is 5.56 Å². The van der Waals surface area contributed by atoms with E-state index >= 15 is 0 Å². The molecule has 6 heteroatoms. The molecule has 1 N–H and O–H groups in total. The summed E-state index contributed by atoms with van der Waals surface area (Å²) in [5.74, 6) is 0.448. The van der Waals surface area contributed by atoms with Gasteiger partial charge in [-0.3, -0.25) is 10.1 Å². The Morgan fingerprint density at radius 1 is 1.33 bits per heavy atom. The van der Waals surface area contributed by atoms with E-state index in [2.05, 4.69) is 38.1 Å². The topological polar surface area (TPSA) is 54.9 Å². The van der Waals surface area contributed by atoms with Crippen LogP contribution in [-0.2, 0) is 0 Å². The molecular formula is C12H10IN3OS. The fourth-order valence-electron chi connectivity index (χ4n) is 1.59. The van der Waals surface area contributed by atoms with E-state index in [1.807, 2.05) is 18.2 Å². The Labute approximate surface area is 122 Å². The second-order valence-corrected chi connectivity index (χ2v) is 6.32. The number of amides is 1. The van der Waals surface area contributed by atoms with Crippen LogP contribution in [0, 0.1) is 3.57 Å². The second-order valence-electron chi connectivity index (χ2n) is 4.15. The predicted octanol–water partition coefficient (Wildman–Crippen LogP) is 3.27. The normalized spacial score (nSPS) is 14.5. The van der Waals surface area contributed by atoms with Gasteiger partial charge in [-0.05, 0) is 47.6 Å². The predicted molar refractivity (Wildman–Crippen MR) is 79.0 cm³/mol. The number of benzene rings is 1. The lowest BCUT2D eigenvalue weighted by Crippen LogP contribution is -2.13. The van der Waals surface area contributed by atoms with Crippen molar-refractivity contribution in [2.45, 2.75) is 18.8 Å². The Hall–Kier alpha value is -1.02. The summed E-state index contributed by atoms with van der Waals surface area (Å²) in [6, 6.07) is 7.48. The third-order valence-corrected chi connectivity index (χ3v) is 4.65. The van der Waals surface area contributed by atoms with Gasteiger partial charge in [0.15, 0.2) is 0 Å². The molecule has 0 bridgehead atoms. The summed E-state index contributed by atoms with van der Waals surface area (Å²) in [5, 5.41) is 12.5. The van der Waals surface area contributed by atoms with E-state index in [0.717, 1.165) is 8.58 Å². The van der Waals surface area contributed by atoms with Gasteiger partial charge in [-0.25, -0.2) is 0 Å². The van der Waals surface area contributed by atoms with Gasteiger partial charge in [0.2, 0.25) is 5.13 Å². The van der Waals surface area contributed by atoms with Crippen molar-refractivity contribution in [3.05, 3.63) is 38.4 Å². The highest BCUT2D eigenvalue weighted by molar-refractivity contribution is 14.1. The van der Waals surface area contributed by atoms with Gasteiger partial charge in [-0.2, -0.15) is 0 Å². The lowest BCUT2D eigenvalue weighted by molar-refractivity contribution is 0.102. The molecule has 0 radical (unpaired) electrons. The first-order valence-electron chi connectivity index (χ1n) is 5.63. The molecular weight excluding hydrogens is 361 g/mol. The van der Waals surface area contributed by atoms with Crippen molar-refractivity contribution < 1.29 is 4.79 Å². The lowest BCUT2D eigenvalue weighted by Gasteiger charge is -2.02. The van der Waals surface area contributed by atoms with Crippen molar-refractivity contribution in [3.63, 3.8) is 0 Å². The fourth-order valence-corrected chi connectivity index (χ4v) is 3.13. The van der Waals surface area contributed by atoms with E-state index in [-0.39, 0.29) is 5.91 Å². The van der Waals surface area contributed by atoms with Crippen molar-refractivity contribution in [1.29, 1.82) is 0 Å². The van der Waals surface area contributed by atoms with Crippen LogP contribution in [0.4, 0.5) is 5.13 Å². The van der Waals surface area contributed by atoms with Crippen LogP contribution in [-0.4, -0.2) is 16.1 Å². The highest BCUT2D eigenvalue weighted by Gasteiger charge is 2.27. The number of nitrogens with zero attached hydrogens (tertiary/aromatic N) is 2. The minimum absolute atomic E-state index is 0.126. The van der Waals surface area contributed by atoms with E-state index in [1.54, 1.807) is 6.07 Å². The maximum Gasteiger partial charge on any atom is 0.258 e. The quantitative estimate of drug-likeness (QED) is 0.843. The zero-order chi connectivity index (χ0) is 12.5. The summed E-state index contributed by atoms with van der Waals surface area (Å²) >= 11 is 3.63. The van der Waals surface area contributed by atoms with Crippen LogP contribution in [0.25, 0.3) is 0 Å². The van der Waals surface area contributed by atoms with Crippen LogP contribution in [0.5, 0.6) is 0 Å². The minimum atomic E-state index is -0.126. The number of anilines is 1. The number of hydrogen-bond donors (Lipinski definition) is 1. The van der Waals surface area contributed by atoms with E-state index in [1.165, 1.54) is 24.2 Å². The third kappa shape index (κ3) is 2.54. The minimum Gasteiger partial charge on any atom is -0.296 e. The van der Waals surface area contributed by atoms with Gasteiger partial charge in [-0.1, -0.05) is 23.5 Å². The summed E-state index contributed by atoms with van der Waals surface area (Å²) < 4.78 is 0.930. The van der Waals surface area contributed by atoms with Crippen molar-refractivity contribution in [1.82, 2.24) is 10.2 Å². The number of hydrogen-bond acceptors (Lipinski definition) is 4. The van der Waals surface area contributed by atoms with E-state index < -0.39 is 0 Å². The molecule has 1 aliphatic carbocycles. The van der Waals surface area contributed by atoms with Gasteiger partial charge < -0.3 is 0 Å². The molecule has 4 nitrogen and oxygen atoms in total. The molecule has 2 aromatic rings. The first-order valence-corrected chi connectivity index (χ1v) is 7.53. The van der Waals surface area contributed by atoms with Crippen molar-refractivity contribution >= 4 is 45.0 Å². The first-order chi connectivity index (χ1) is 8.74. The highest BCUT2D eigenvalue weighted by atomic mass is 127. The van der Waals surface area contributed by atoms with Gasteiger partial charge in [0.1, 0.15) is 5.01 Å². The molecule has 0 atom stereocenters. The van der Waals surface area contributed by atoms with Crippen molar-refractivity contribution in [2.75, 3.05) is 5.32 Å². The third-order valence-electron chi connectivity index (χ3n) is 2.71. The summed E-state index contributed by atoms with van der Waals surface area (Å²) in [6.45, 7) is 0. The number of carbonyl (C=O) groups is 1. The van der Waals surface area contributed by atoms with Gasteiger partial charge in [-0.15, -0.1) is 10.2 Å². The number of halogens is 1. The summed E-state index contributed by atoms with van der Waals surface area (Å²) in [4.78, 5) is 12.1. The fraction of sp³-hybridized carbons (Fsp3) is 0.250. The van der Waals surface area contributed by atoms with Crippen LogP contribution in [0.15, 0.2) is 24.3 Å². The number of rotatable bonds is 3. The number of nitrogens with one attached hydrogen (secondary N) is 1. The molecule has 1 aromatic carbocycles. The Morgan fingerprint density at radius 3 is 2.83 bits per heavy atom. The average Bonchev–Trinajstić information content (AvgIpc) is 3.11. The monoisotopic (exact) mass is 371 g/mol. The Kier molecular flexibility index (Phi) is 3.29. The van der Waals surface area contributed by atoms with Crippen LogP contribution in [0.2, 0.25) is 0 Å². The molecule has 92 valence electrons. The molecule has 1 heterocycles. The molecule has 1 aromatic heterocycles. The first kappa shape index (κ1) is 12.0. The molecule has 1 saturated carbocycles. The van der Waals surface area contributed by atoms with E-state index in [4.69, 9.17) is 0 Å². The van der Waals surface area contributed by atoms with Gasteiger partial charge >= 0.3 is 0 Å². The lowest BCUT2D eigenvalue weighted by atomic mass is 10.2. The summed E-state index contributed by atoms with van der Waals surface area (Å²) in [7, 11) is 0. The molecule has 0 spiro atoms. The highest BCUT2D eigenvalue weighted by Crippen LogP contribution is 2.42. The molecule has 18 heavy (non-hydrogen) atoms. The molecule has 1 amide bonds. The molecule has 0 aliphatic heterocycles. The second kappa shape index (κ2) is 4.93. The zero-order valence-corrected chi connectivity index (χ0v) is 12.4. The standard InChI is InChI=1S/C12H10IN3OS/c13-9-4-2-1-3-8(9)10(17)14-12-16-15-11(18-12)7-5-6-7/h1-4,7H,5-6H2,(H,14,16,17). The van der Waals surface area contributed by atoms with Crippen molar-refractivity contribution in [3.8, 4) is 0 Å². The van der Waals surface area contributed by atoms with Crippen LogP contribution < -0.4 is 5.32 Å². The molecule has 1 aliphatic rings. The van der Waals surface area contributed by atoms with Gasteiger partial charge in [0, 0.05) is 9.49 Å². The Bertz CT molecular complexity index is 595. The average molecular weight is 371 g/mol.